The molecule has 1 aliphatic rings. The van der Waals surface area contributed by atoms with E-state index in [1.54, 1.807) is 20.2 Å². The van der Waals surface area contributed by atoms with Gasteiger partial charge in [0.05, 0.1) is 17.6 Å². The number of benzene rings is 1. The number of para-hydroxylation sites is 2. The number of ether oxygens (including phenoxy) is 1. The van der Waals surface area contributed by atoms with Gasteiger partial charge in [-0.05, 0) is 25.0 Å². The average molecular weight is 372 g/mol. The first-order chi connectivity index (χ1) is 12.1. The summed E-state index contributed by atoms with van der Waals surface area (Å²) in [6, 6.07) is 5.55. The molecule has 0 bridgehead atoms. The molecular weight excluding hydrogens is 349 g/mol. The molecule has 0 aromatic heterocycles. The standard InChI is InChI=1S/C17H23F3N4O2/c1-24(2)14(25)16(9-5-6-10-16)11-22-15(21)23-12-7-3-4-8-13(12)26-17(18,19)20/h3-4,7-8H,5-6,9-11H2,1-2H3,(H3,21,22,23). The van der Waals surface area contributed by atoms with Gasteiger partial charge in [-0.2, -0.15) is 0 Å². The summed E-state index contributed by atoms with van der Waals surface area (Å²) in [5.74, 6) is -0.480. The summed E-state index contributed by atoms with van der Waals surface area (Å²) in [4.78, 5) is 18.3. The molecule has 6 nitrogen and oxygen atoms in total. The van der Waals surface area contributed by atoms with Crippen molar-refractivity contribution in [1.82, 2.24) is 4.90 Å². The van der Waals surface area contributed by atoms with E-state index in [0.29, 0.717) is 12.8 Å². The first-order valence-electron chi connectivity index (χ1n) is 8.26. The number of nitrogens with two attached hydrogens (primary N) is 1. The van der Waals surface area contributed by atoms with Crippen molar-refractivity contribution in [3.05, 3.63) is 24.3 Å². The summed E-state index contributed by atoms with van der Waals surface area (Å²) in [5, 5.41) is 2.62. The molecule has 0 radical (unpaired) electrons. The maximum atomic E-state index is 12.5. The third-order valence-electron chi connectivity index (χ3n) is 4.35. The summed E-state index contributed by atoms with van der Waals surface area (Å²) in [7, 11) is 3.39. The Morgan fingerprint density at radius 3 is 2.50 bits per heavy atom. The number of guanidine groups is 1. The molecule has 0 heterocycles. The fraction of sp³-hybridized carbons (Fsp3) is 0.529. The third kappa shape index (κ3) is 5.03. The van der Waals surface area contributed by atoms with Gasteiger partial charge >= 0.3 is 6.36 Å². The summed E-state index contributed by atoms with van der Waals surface area (Å²) in [6.07, 6.45) is -1.51. The highest BCUT2D eigenvalue weighted by Gasteiger charge is 2.42. The van der Waals surface area contributed by atoms with Crippen LogP contribution >= 0.6 is 0 Å². The van der Waals surface area contributed by atoms with E-state index in [1.165, 1.54) is 23.1 Å². The van der Waals surface area contributed by atoms with Crippen molar-refractivity contribution >= 4 is 17.6 Å². The van der Waals surface area contributed by atoms with Crippen LogP contribution in [0.2, 0.25) is 0 Å². The maximum Gasteiger partial charge on any atom is 0.573 e. The van der Waals surface area contributed by atoms with Crippen LogP contribution in [-0.4, -0.2) is 43.8 Å². The zero-order valence-corrected chi connectivity index (χ0v) is 14.8. The number of hydrogen-bond acceptors (Lipinski definition) is 3. The molecule has 0 atom stereocenters. The van der Waals surface area contributed by atoms with Crippen molar-refractivity contribution in [1.29, 1.82) is 0 Å². The molecule has 1 fully saturated rings. The topological polar surface area (TPSA) is 80.0 Å². The van der Waals surface area contributed by atoms with E-state index in [4.69, 9.17) is 5.73 Å². The van der Waals surface area contributed by atoms with Crippen LogP contribution < -0.4 is 15.8 Å². The molecule has 1 aromatic carbocycles. The minimum Gasteiger partial charge on any atom is -0.404 e. The highest BCUT2D eigenvalue weighted by Crippen LogP contribution is 2.39. The van der Waals surface area contributed by atoms with Crippen LogP contribution in [-0.2, 0) is 4.79 Å². The highest BCUT2D eigenvalue weighted by molar-refractivity contribution is 5.94. The molecule has 1 amide bonds. The fourth-order valence-electron chi connectivity index (χ4n) is 3.16. The van der Waals surface area contributed by atoms with Gasteiger partial charge in [0.1, 0.15) is 0 Å². The Kier molecular flexibility index (Phi) is 5.99. The Balaban J connectivity index is 2.12. The second kappa shape index (κ2) is 7.84. The largest absolute Gasteiger partial charge is 0.573 e. The molecule has 1 aliphatic carbocycles. The molecule has 144 valence electrons. The summed E-state index contributed by atoms with van der Waals surface area (Å²) in [6.45, 7) is 0.186. The number of anilines is 1. The predicted octanol–water partition coefficient (Wildman–Crippen LogP) is 2.96. The van der Waals surface area contributed by atoms with Gasteiger partial charge in [0.15, 0.2) is 11.7 Å². The Bertz CT molecular complexity index is 668. The average Bonchev–Trinajstić information content (AvgIpc) is 3.03. The molecule has 9 heteroatoms. The molecular formula is C17H23F3N4O2. The SMILES string of the molecule is CN(C)C(=O)C1(CN=C(N)Nc2ccccc2OC(F)(F)F)CCCC1. The van der Waals surface area contributed by atoms with Crippen molar-refractivity contribution in [2.24, 2.45) is 16.1 Å². The van der Waals surface area contributed by atoms with E-state index in [9.17, 15) is 18.0 Å². The van der Waals surface area contributed by atoms with Crippen molar-refractivity contribution in [3.8, 4) is 5.75 Å². The lowest BCUT2D eigenvalue weighted by Gasteiger charge is -2.29. The molecule has 0 unspecified atom stereocenters. The van der Waals surface area contributed by atoms with Gasteiger partial charge in [-0.1, -0.05) is 25.0 Å². The van der Waals surface area contributed by atoms with E-state index < -0.39 is 17.5 Å². The van der Waals surface area contributed by atoms with Crippen LogP contribution in [0.15, 0.2) is 29.3 Å². The van der Waals surface area contributed by atoms with Crippen LogP contribution in [0.25, 0.3) is 0 Å². The molecule has 1 saturated carbocycles. The van der Waals surface area contributed by atoms with Gasteiger partial charge in [-0.15, -0.1) is 13.2 Å². The van der Waals surface area contributed by atoms with E-state index in [1.807, 2.05) is 0 Å². The van der Waals surface area contributed by atoms with E-state index in [-0.39, 0.29) is 24.1 Å². The number of halogens is 3. The lowest BCUT2D eigenvalue weighted by atomic mass is 9.85. The van der Waals surface area contributed by atoms with Crippen molar-refractivity contribution in [2.45, 2.75) is 32.0 Å². The highest BCUT2D eigenvalue weighted by atomic mass is 19.4. The van der Waals surface area contributed by atoms with Crippen molar-refractivity contribution in [2.75, 3.05) is 26.0 Å². The molecule has 2 rings (SSSR count). The van der Waals surface area contributed by atoms with Crippen molar-refractivity contribution in [3.63, 3.8) is 0 Å². The van der Waals surface area contributed by atoms with Gasteiger partial charge < -0.3 is 20.7 Å². The van der Waals surface area contributed by atoms with Crippen molar-refractivity contribution < 1.29 is 22.7 Å². The number of carbonyl (C=O) groups excluding carboxylic acids is 1. The molecule has 0 spiro atoms. The van der Waals surface area contributed by atoms with Gasteiger partial charge in [-0.25, -0.2) is 0 Å². The first-order valence-corrected chi connectivity index (χ1v) is 8.26. The lowest BCUT2D eigenvalue weighted by molar-refractivity contribution is -0.274. The summed E-state index contributed by atoms with van der Waals surface area (Å²) < 4.78 is 41.4. The molecule has 1 aromatic rings. The Morgan fingerprint density at radius 2 is 1.92 bits per heavy atom. The summed E-state index contributed by atoms with van der Waals surface area (Å²) in [5.41, 5.74) is 5.28. The number of nitrogens with one attached hydrogen (secondary N) is 1. The second-order valence-electron chi connectivity index (χ2n) is 6.56. The predicted molar refractivity (Wildman–Crippen MR) is 92.8 cm³/mol. The third-order valence-corrected chi connectivity index (χ3v) is 4.35. The van der Waals surface area contributed by atoms with Crippen LogP contribution in [0.5, 0.6) is 5.75 Å². The van der Waals surface area contributed by atoms with E-state index >= 15 is 0 Å². The van der Waals surface area contributed by atoms with Crippen LogP contribution in [0, 0.1) is 5.41 Å². The second-order valence-corrected chi connectivity index (χ2v) is 6.56. The number of aliphatic imine (C=N–C) groups is 1. The van der Waals surface area contributed by atoms with Gasteiger partial charge in [0.2, 0.25) is 5.91 Å². The Labute approximate surface area is 150 Å². The molecule has 3 N–H and O–H groups in total. The number of alkyl halides is 3. The normalized spacial score (nSPS) is 17.0. The number of carbonyl (C=O) groups is 1. The fourth-order valence-corrected chi connectivity index (χ4v) is 3.16. The smallest absolute Gasteiger partial charge is 0.404 e. The number of amides is 1. The number of rotatable bonds is 5. The van der Waals surface area contributed by atoms with E-state index in [0.717, 1.165) is 12.8 Å². The number of nitrogens with zero attached hydrogens (tertiary/aromatic N) is 2. The van der Waals surface area contributed by atoms with Crippen LogP contribution in [0.1, 0.15) is 25.7 Å². The zero-order valence-electron chi connectivity index (χ0n) is 14.8. The minimum atomic E-state index is -4.81. The summed E-state index contributed by atoms with van der Waals surface area (Å²) >= 11 is 0. The molecule has 0 saturated heterocycles. The number of hydrogen-bond donors (Lipinski definition) is 2. The Morgan fingerprint density at radius 1 is 1.31 bits per heavy atom. The minimum absolute atomic E-state index is 0.00708. The Hall–Kier alpha value is -2.45. The zero-order chi connectivity index (χ0) is 19.4. The molecule has 26 heavy (non-hydrogen) atoms. The first kappa shape index (κ1) is 19.9. The van der Waals surface area contributed by atoms with E-state index in [2.05, 4.69) is 15.0 Å². The monoisotopic (exact) mass is 372 g/mol. The maximum absolute atomic E-state index is 12.5. The van der Waals surface area contributed by atoms with Gasteiger partial charge in [0, 0.05) is 14.1 Å². The lowest BCUT2D eigenvalue weighted by Crippen LogP contribution is -2.41. The van der Waals surface area contributed by atoms with Crippen LogP contribution in [0.3, 0.4) is 0 Å². The quantitative estimate of drug-likeness (QED) is 0.615. The van der Waals surface area contributed by atoms with Gasteiger partial charge in [0.25, 0.3) is 0 Å². The van der Waals surface area contributed by atoms with Gasteiger partial charge in [-0.3, -0.25) is 9.79 Å². The molecule has 0 aliphatic heterocycles. The van der Waals surface area contributed by atoms with Crippen LogP contribution in [0.4, 0.5) is 18.9 Å².